The van der Waals surface area contributed by atoms with Crippen molar-refractivity contribution >= 4 is 11.9 Å². The van der Waals surface area contributed by atoms with Gasteiger partial charge in [0.1, 0.15) is 5.75 Å². The Morgan fingerprint density at radius 1 is 1.09 bits per heavy atom. The number of nitrogens with zero attached hydrogens (tertiary/aromatic N) is 1. The number of aromatic hydroxyl groups is 1. The predicted octanol–water partition coefficient (Wildman–Crippen LogP) is 1.53. The van der Waals surface area contributed by atoms with Crippen LogP contribution in [-0.2, 0) is 19.1 Å². The minimum atomic E-state index is -0.664. The standard InChI is InChI=1S/C16H17NO5/c1-17-8-12(15(19)21-2)14(13(9-17)16(20)22-3)10-5-4-6-11(18)7-10/h4-9,14,18H,1-3H3. The van der Waals surface area contributed by atoms with Crippen LogP contribution in [0.25, 0.3) is 0 Å². The van der Waals surface area contributed by atoms with Crippen LogP contribution in [-0.4, -0.2) is 43.2 Å². The minimum Gasteiger partial charge on any atom is -0.508 e. The molecule has 0 spiro atoms. The van der Waals surface area contributed by atoms with Crippen LogP contribution in [0.3, 0.4) is 0 Å². The van der Waals surface area contributed by atoms with Gasteiger partial charge >= 0.3 is 11.9 Å². The molecule has 1 aromatic carbocycles. The van der Waals surface area contributed by atoms with Crippen molar-refractivity contribution < 1.29 is 24.2 Å². The van der Waals surface area contributed by atoms with Crippen molar-refractivity contribution in [3.05, 3.63) is 53.4 Å². The molecule has 1 aliphatic heterocycles. The number of hydrogen-bond donors (Lipinski definition) is 1. The first kappa shape index (κ1) is 15.6. The normalized spacial score (nSPS) is 15.0. The molecule has 0 fully saturated rings. The molecule has 0 aliphatic carbocycles. The van der Waals surface area contributed by atoms with Crippen molar-refractivity contribution in [1.29, 1.82) is 0 Å². The first-order valence-electron chi connectivity index (χ1n) is 6.58. The fourth-order valence-electron chi connectivity index (χ4n) is 2.43. The lowest BCUT2D eigenvalue weighted by atomic mass is 9.83. The number of rotatable bonds is 3. The SMILES string of the molecule is COC(=O)C1=CN(C)C=C(C(=O)OC)C1c1cccc(O)c1. The van der Waals surface area contributed by atoms with Crippen molar-refractivity contribution in [2.24, 2.45) is 0 Å². The highest BCUT2D eigenvalue weighted by molar-refractivity contribution is 5.98. The molecule has 0 aromatic heterocycles. The van der Waals surface area contributed by atoms with E-state index in [-0.39, 0.29) is 5.75 Å². The predicted molar refractivity (Wildman–Crippen MR) is 78.8 cm³/mol. The maximum atomic E-state index is 12.1. The first-order valence-corrected chi connectivity index (χ1v) is 6.58. The molecule has 1 aliphatic rings. The van der Waals surface area contributed by atoms with Gasteiger partial charge in [-0.1, -0.05) is 12.1 Å². The van der Waals surface area contributed by atoms with Crippen LogP contribution in [0.2, 0.25) is 0 Å². The summed E-state index contributed by atoms with van der Waals surface area (Å²) in [6, 6.07) is 6.39. The molecule has 0 atom stereocenters. The summed E-state index contributed by atoms with van der Waals surface area (Å²) in [5.74, 6) is -1.71. The Bertz CT molecular complexity index is 628. The number of hydrogen-bond acceptors (Lipinski definition) is 6. The van der Waals surface area contributed by atoms with Crippen LogP contribution in [0.5, 0.6) is 5.75 Å². The summed E-state index contributed by atoms with van der Waals surface area (Å²) in [5.41, 5.74) is 1.18. The van der Waals surface area contributed by atoms with Gasteiger partial charge in [0.05, 0.1) is 31.3 Å². The number of phenols is 1. The van der Waals surface area contributed by atoms with Gasteiger partial charge in [-0.2, -0.15) is 0 Å². The summed E-state index contributed by atoms with van der Waals surface area (Å²) < 4.78 is 9.61. The van der Waals surface area contributed by atoms with Crippen molar-refractivity contribution in [3.8, 4) is 5.75 Å². The monoisotopic (exact) mass is 303 g/mol. The van der Waals surface area contributed by atoms with E-state index in [9.17, 15) is 14.7 Å². The molecule has 22 heavy (non-hydrogen) atoms. The summed E-state index contributed by atoms with van der Waals surface area (Å²) >= 11 is 0. The van der Waals surface area contributed by atoms with E-state index < -0.39 is 17.9 Å². The maximum Gasteiger partial charge on any atom is 0.336 e. The molecule has 6 heteroatoms. The highest BCUT2D eigenvalue weighted by atomic mass is 16.5. The molecule has 0 saturated heterocycles. The van der Waals surface area contributed by atoms with Gasteiger partial charge in [-0.05, 0) is 17.7 Å². The van der Waals surface area contributed by atoms with Gasteiger partial charge in [0.15, 0.2) is 0 Å². The van der Waals surface area contributed by atoms with Gasteiger partial charge in [-0.15, -0.1) is 0 Å². The Balaban J connectivity index is 2.58. The highest BCUT2D eigenvalue weighted by Crippen LogP contribution is 2.37. The first-order chi connectivity index (χ1) is 10.5. The zero-order chi connectivity index (χ0) is 16.3. The Morgan fingerprint density at radius 2 is 1.64 bits per heavy atom. The fraction of sp³-hybridized carbons (Fsp3) is 0.250. The van der Waals surface area contributed by atoms with Crippen molar-refractivity contribution in [2.45, 2.75) is 5.92 Å². The quantitative estimate of drug-likeness (QED) is 0.854. The molecular formula is C16H17NO5. The second kappa shape index (κ2) is 6.34. The van der Waals surface area contributed by atoms with Gasteiger partial charge in [-0.25, -0.2) is 9.59 Å². The summed E-state index contributed by atoms with van der Waals surface area (Å²) in [7, 11) is 4.25. The number of ether oxygens (including phenoxy) is 2. The van der Waals surface area contributed by atoms with Gasteiger partial charge < -0.3 is 19.5 Å². The average Bonchev–Trinajstić information content (AvgIpc) is 2.52. The van der Waals surface area contributed by atoms with Crippen molar-refractivity contribution in [2.75, 3.05) is 21.3 Å². The number of benzene rings is 1. The van der Waals surface area contributed by atoms with Crippen LogP contribution < -0.4 is 0 Å². The largest absolute Gasteiger partial charge is 0.508 e. The molecule has 2 rings (SSSR count). The molecule has 1 aromatic rings. The van der Waals surface area contributed by atoms with Gasteiger partial charge in [0, 0.05) is 19.4 Å². The Morgan fingerprint density at radius 3 is 2.09 bits per heavy atom. The number of methoxy groups -OCH3 is 2. The number of phenolic OH excluding ortho intramolecular Hbond substituents is 1. The van der Waals surface area contributed by atoms with Gasteiger partial charge in [-0.3, -0.25) is 0 Å². The zero-order valence-corrected chi connectivity index (χ0v) is 12.6. The van der Waals surface area contributed by atoms with Crippen LogP contribution in [0.4, 0.5) is 0 Å². The minimum absolute atomic E-state index is 0.0462. The molecule has 0 bridgehead atoms. The Labute approximate surface area is 128 Å². The van der Waals surface area contributed by atoms with E-state index in [0.717, 1.165) is 0 Å². The van der Waals surface area contributed by atoms with Crippen LogP contribution in [0.1, 0.15) is 11.5 Å². The van der Waals surface area contributed by atoms with E-state index in [4.69, 9.17) is 9.47 Å². The zero-order valence-electron chi connectivity index (χ0n) is 12.6. The smallest absolute Gasteiger partial charge is 0.336 e. The van der Waals surface area contributed by atoms with E-state index in [1.807, 2.05) is 0 Å². The summed E-state index contributed by atoms with van der Waals surface area (Å²) in [4.78, 5) is 25.8. The topological polar surface area (TPSA) is 76.1 Å². The molecule has 6 nitrogen and oxygen atoms in total. The van der Waals surface area contributed by atoms with Gasteiger partial charge in [0.2, 0.25) is 0 Å². The summed E-state index contributed by atoms with van der Waals surface area (Å²) in [6.07, 6.45) is 3.18. The van der Waals surface area contributed by atoms with Crippen LogP contribution in [0, 0.1) is 0 Å². The molecule has 0 amide bonds. The Kier molecular flexibility index (Phi) is 4.50. The number of esters is 2. The molecular weight excluding hydrogens is 286 g/mol. The second-order valence-corrected chi connectivity index (χ2v) is 4.85. The van der Waals surface area contributed by atoms with Gasteiger partial charge in [0.25, 0.3) is 0 Å². The third-order valence-corrected chi connectivity index (χ3v) is 3.35. The van der Waals surface area contributed by atoms with Crippen LogP contribution in [0.15, 0.2) is 47.8 Å². The van der Waals surface area contributed by atoms with E-state index in [0.29, 0.717) is 16.7 Å². The van der Waals surface area contributed by atoms with E-state index in [2.05, 4.69) is 0 Å². The van der Waals surface area contributed by atoms with Crippen molar-refractivity contribution in [1.82, 2.24) is 4.90 Å². The second-order valence-electron chi connectivity index (χ2n) is 4.85. The Hall–Kier alpha value is -2.76. The molecule has 116 valence electrons. The molecule has 1 heterocycles. The lowest BCUT2D eigenvalue weighted by Crippen LogP contribution is -2.27. The summed E-state index contributed by atoms with van der Waals surface area (Å²) in [5, 5.41) is 9.68. The maximum absolute atomic E-state index is 12.1. The molecule has 0 radical (unpaired) electrons. The molecule has 0 unspecified atom stereocenters. The summed E-state index contributed by atoms with van der Waals surface area (Å²) in [6.45, 7) is 0. The molecule has 0 saturated carbocycles. The number of carbonyl (C=O) groups is 2. The average molecular weight is 303 g/mol. The third-order valence-electron chi connectivity index (χ3n) is 3.35. The highest BCUT2D eigenvalue weighted by Gasteiger charge is 2.34. The van der Waals surface area contributed by atoms with E-state index in [1.165, 1.54) is 26.4 Å². The fourth-order valence-corrected chi connectivity index (χ4v) is 2.43. The molecule has 1 N–H and O–H groups in total. The lowest BCUT2D eigenvalue weighted by molar-refractivity contribution is -0.137. The third kappa shape index (κ3) is 2.95. The van der Waals surface area contributed by atoms with Crippen LogP contribution >= 0.6 is 0 Å². The van der Waals surface area contributed by atoms with E-state index >= 15 is 0 Å². The lowest BCUT2D eigenvalue weighted by Gasteiger charge is -2.28. The number of carbonyl (C=O) groups excluding carboxylic acids is 2. The van der Waals surface area contributed by atoms with E-state index in [1.54, 1.807) is 36.5 Å². The van der Waals surface area contributed by atoms with Crippen molar-refractivity contribution in [3.63, 3.8) is 0 Å².